The number of nitrogens with one attached hydrogen (secondary N) is 1. The van der Waals surface area contributed by atoms with Gasteiger partial charge < -0.3 is 4.74 Å². The van der Waals surface area contributed by atoms with Crippen LogP contribution in [0.3, 0.4) is 0 Å². The molecule has 0 unspecified atom stereocenters. The third-order valence-corrected chi connectivity index (χ3v) is 4.74. The average Bonchev–Trinajstić information content (AvgIpc) is 3.30. The zero-order valence-corrected chi connectivity index (χ0v) is 15.3. The van der Waals surface area contributed by atoms with E-state index in [4.69, 9.17) is 4.74 Å². The van der Waals surface area contributed by atoms with Gasteiger partial charge in [-0.25, -0.2) is 4.98 Å². The van der Waals surface area contributed by atoms with Gasteiger partial charge in [-0.1, -0.05) is 0 Å². The monoisotopic (exact) mass is 364 g/mol. The van der Waals surface area contributed by atoms with Crippen LogP contribution in [0.2, 0.25) is 0 Å². The Hall–Kier alpha value is -2.49. The van der Waals surface area contributed by atoms with Crippen molar-refractivity contribution < 1.29 is 4.74 Å². The zero-order chi connectivity index (χ0) is 17.8. The molecule has 0 spiro atoms. The molecule has 0 aliphatic carbocycles. The molecular formula is C20H20N4OS. The molecule has 0 saturated carbocycles. The van der Waals surface area contributed by atoms with Crippen LogP contribution in [0.5, 0.6) is 5.75 Å². The highest BCUT2D eigenvalue weighted by molar-refractivity contribution is 7.80. The highest BCUT2D eigenvalue weighted by Gasteiger charge is 2.10. The molecule has 1 fully saturated rings. The maximum Gasteiger partial charge on any atom is 0.143 e. The fourth-order valence-corrected chi connectivity index (χ4v) is 3.27. The predicted molar refractivity (Wildman–Crippen MR) is 105 cm³/mol. The van der Waals surface area contributed by atoms with Gasteiger partial charge in [0.05, 0.1) is 11.7 Å². The summed E-state index contributed by atoms with van der Waals surface area (Å²) in [6, 6.07) is 9.62. The molecule has 1 saturated heterocycles. The van der Waals surface area contributed by atoms with E-state index < -0.39 is 0 Å². The maximum atomic E-state index is 5.77. The van der Waals surface area contributed by atoms with E-state index in [1.54, 1.807) is 6.20 Å². The number of fused-ring (bicyclic) bond motifs is 1. The van der Waals surface area contributed by atoms with Gasteiger partial charge in [0.25, 0.3) is 0 Å². The summed E-state index contributed by atoms with van der Waals surface area (Å²) in [4.78, 5) is 7.68. The Labute approximate surface area is 158 Å². The van der Waals surface area contributed by atoms with Crippen LogP contribution in [-0.4, -0.2) is 46.3 Å². The summed E-state index contributed by atoms with van der Waals surface area (Å²) in [6.07, 6.45) is 4.33. The van der Waals surface area contributed by atoms with Crippen molar-refractivity contribution in [1.29, 1.82) is 0 Å². The van der Waals surface area contributed by atoms with Crippen LogP contribution in [0.1, 0.15) is 24.2 Å². The molecule has 132 valence electrons. The molecule has 3 aromatic rings. The van der Waals surface area contributed by atoms with Gasteiger partial charge >= 0.3 is 0 Å². The first kappa shape index (κ1) is 17.0. The lowest BCUT2D eigenvalue weighted by molar-refractivity contribution is 0.237. The van der Waals surface area contributed by atoms with Gasteiger partial charge in [0.15, 0.2) is 0 Å². The molecule has 2 aromatic heterocycles. The molecule has 0 amide bonds. The number of hydrogen-bond donors (Lipinski definition) is 2. The topological polar surface area (TPSA) is 54.0 Å². The van der Waals surface area contributed by atoms with Crippen molar-refractivity contribution >= 4 is 23.5 Å². The SMILES string of the molecule is Sc1ccc2c(C#Cc3ccc(OCCN4CCCC4)cn3)n[nH]c2c1. The summed E-state index contributed by atoms with van der Waals surface area (Å²) in [5.74, 6) is 6.91. The second-order valence-electron chi connectivity index (χ2n) is 6.33. The number of thiol groups is 1. The summed E-state index contributed by atoms with van der Waals surface area (Å²) in [5.41, 5.74) is 2.33. The Bertz CT molecular complexity index is 949. The molecule has 26 heavy (non-hydrogen) atoms. The minimum Gasteiger partial charge on any atom is -0.491 e. The van der Waals surface area contributed by atoms with Crippen LogP contribution in [0, 0.1) is 11.8 Å². The van der Waals surface area contributed by atoms with Gasteiger partial charge in [-0.3, -0.25) is 10.00 Å². The highest BCUT2D eigenvalue weighted by Crippen LogP contribution is 2.18. The quantitative estimate of drug-likeness (QED) is 0.552. The largest absolute Gasteiger partial charge is 0.491 e. The minimum atomic E-state index is 0.693. The molecule has 1 aliphatic rings. The van der Waals surface area contributed by atoms with Gasteiger partial charge in [0.1, 0.15) is 23.7 Å². The standard InChI is InChI=1S/C20H20N4OS/c26-17-6-7-18-19(22-23-20(18)13-17)8-4-15-3-5-16(14-21-15)25-12-11-24-9-1-2-10-24/h3,5-7,13-14,26H,1-2,9-12H2,(H,22,23). The van der Waals surface area contributed by atoms with Gasteiger partial charge in [0, 0.05) is 16.8 Å². The number of hydrogen-bond acceptors (Lipinski definition) is 5. The van der Waals surface area contributed by atoms with E-state index in [0.29, 0.717) is 18.0 Å². The van der Waals surface area contributed by atoms with E-state index in [9.17, 15) is 0 Å². The van der Waals surface area contributed by atoms with Crippen LogP contribution in [0.15, 0.2) is 41.4 Å². The first-order valence-electron chi connectivity index (χ1n) is 8.78. The molecule has 0 bridgehead atoms. The van der Waals surface area contributed by atoms with E-state index in [1.807, 2.05) is 30.3 Å². The Balaban J connectivity index is 1.38. The van der Waals surface area contributed by atoms with Crippen molar-refractivity contribution in [2.75, 3.05) is 26.2 Å². The van der Waals surface area contributed by atoms with Crippen molar-refractivity contribution in [3.8, 4) is 17.6 Å². The van der Waals surface area contributed by atoms with Crippen molar-refractivity contribution in [3.05, 3.63) is 47.9 Å². The Morgan fingerprint density at radius 3 is 2.85 bits per heavy atom. The highest BCUT2D eigenvalue weighted by atomic mass is 32.1. The minimum absolute atomic E-state index is 0.693. The number of ether oxygens (including phenoxy) is 1. The lowest BCUT2D eigenvalue weighted by atomic mass is 10.2. The number of aromatic nitrogens is 3. The normalized spacial score (nSPS) is 14.3. The molecule has 4 rings (SSSR count). The fourth-order valence-electron chi connectivity index (χ4n) is 3.06. The summed E-state index contributed by atoms with van der Waals surface area (Å²) in [7, 11) is 0. The van der Waals surface area contributed by atoms with Crippen LogP contribution < -0.4 is 4.74 Å². The number of likely N-dealkylation sites (tertiary alicyclic amines) is 1. The lowest BCUT2D eigenvalue weighted by Crippen LogP contribution is -2.25. The molecule has 3 heterocycles. The van der Waals surface area contributed by atoms with Crippen LogP contribution in [0.25, 0.3) is 10.9 Å². The number of benzene rings is 1. The summed E-state index contributed by atoms with van der Waals surface area (Å²) >= 11 is 4.33. The van der Waals surface area contributed by atoms with Gasteiger partial charge in [-0.2, -0.15) is 5.10 Å². The first-order valence-corrected chi connectivity index (χ1v) is 9.23. The smallest absolute Gasteiger partial charge is 0.143 e. The van der Waals surface area contributed by atoms with Gasteiger partial charge in [-0.15, -0.1) is 12.6 Å². The molecule has 1 aromatic carbocycles. The van der Waals surface area contributed by atoms with E-state index >= 15 is 0 Å². The van der Waals surface area contributed by atoms with E-state index in [-0.39, 0.29) is 0 Å². The number of rotatable bonds is 4. The van der Waals surface area contributed by atoms with Gasteiger partial charge in [-0.05, 0) is 68.1 Å². The predicted octanol–water partition coefficient (Wildman–Crippen LogP) is 3.12. The first-order chi connectivity index (χ1) is 12.8. The number of nitrogens with zero attached hydrogens (tertiary/aromatic N) is 3. The molecule has 0 atom stereocenters. The number of pyridine rings is 1. The van der Waals surface area contributed by atoms with Crippen molar-refractivity contribution in [3.63, 3.8) is 0 Å². The summed E-state index contributed by atoms with van der Waals surface area (Å²) in [6.45, 7) is 4.04. The van der Waals surface area contributed by atoms with Crippen LogP contribution >= 0.6 is 12.6 Å². The van der Waals surface area contributed by atoms with E-state index in [1.165, 1.54) is 25.9 Å². The molecule has 1 N–H and O–H groups in total. The number of H-pyrrole nitrogens is 1. The molecule has 1 aliphatic heterocycles. The second kappa shape index (κ2) is 7.81. The Morgan fingerprint density at radius 2 is 2.04 bits per heavy atom. The van der Waals surface area contributed by atoms with E-state index in [2.05, 4.69) is 44.6 Å². The van der Waals surface area contributed by atoms with Crippen molar-refractivity contribution in [1.82, 2.24) is 20.1 Å². The van der Waals surface area contributed by atoms with Crippen molar-refractivity contribution in [2.24, 2.45) is 0 Å². The maximum absolute atomic E-state index is 5.77. The zero-order valence-electron chi connectivity index (χ0n) is 14.4. The van der Waals surface area contributed by atoms with Crippen LogP contribution in [-0.2, 0) is 0 Å². The molecule has 5 nitrogen and oxygen atoms in total. The third kappa shape index (κ3) is 4.01. The second-order valence-corrected chi connectivity index (χ2v) is 6.84. The average molecular weight is 364 g/mol. The molecular weight excluding hydrogens is 344 g/mol. The summed E-state index contributed by atoms with van der Waals surface area (Å²) in [5, 5.41) is 8.22. The Kier molecular flexibility index (Phi) is 5.09. The van der Waals surface area contributed by atoms with E-state index in [0.717, 1.165) is 28.1 Å². The van der Waals surface area contributed by atoms with Gasteiger partial charge in [0.2, 0.25) is 0 Å². The molecule has 6 heteroatoms. The third-order valence-electron chi connectivity index (χ3n) is 4.47. The van der Waals surface area contributed by atoms with Crippen molar-refractivity contribution in [2.45, 2.75) is 17.7 Å². The molecule has 0 radical (unpaired) electrons. The fraction of sp³-hybridized carbons (Fsp3) is 0.300. The number of aromatic amines is 1. The summed E-state index contributed by atoms with van der Waals surface area (Å²) < 4.78 is 5.77. The Morgan fingerprint density at radius 1 is 1.15 bits per heavy atom. The lowest BCUT2D eigenvalue weighted by Gasteiger charge is -2.14. The van der Waals surface area contributed by atoms with Crippen LogP contribution in [0.4, 0.5) is 0 Å².